The summed E-state index contributed by atoms with van der Waals surface area (Å²) >= 11 is 1.85. The van der Waals surface area contributed by atoms with E-state index in [0.29, 0.717) is 5.69 Å². The Kier molecular flexibility index (Phi) is 4.47. The maximum atomic E-state index is 11.9. The third-order valence-corrected chi connectivity index (χ3v) is 4.05. The summed E-state index contributed by atoms with van der Waals surface area (Å²) in [5.41, 5.74) is 1.26. The lowest BCUT2D eigenvalue weighted by atomic mass is 10.3. The highest BCUT2D eigenvalue weighted by atomic mass is 32.2. The first-order chi connectivity index (χ1) is 9.08. The lowest BCUT2D eigenvalue weighted by Crippen LogP contribution is -2.44. The van der Waals surface area contributed by atoms with E-state index < -0.39 is 0 Å². The van der Waals surface area contributed by atoms with Crippen LogP contribution in [0.3, 0.4) is 0 Å². The second-order valence-corrected chi connectivity index (χ2v) is 5.70. The number of aryl methyl sites for hydroxylation is 2. The molecule has 19 heavy (non-hydrogen) atoms. The molecule has 1 N–H and O–H groups in total. The van der Waals surface area contributed by atoms with Crippen LogP contribution in [0.1, 0.15) is 16.2 Å². The zero-order chi connectivity index (χ0) is 13.8. The van der Waals surface area contributed by atoms with Crippen molar-refractivity contribution in [3.63, 3.8) is 0 Å². The first kappa shape index (κ1) is 13.9. The van der Waals surface area contributed by atoms with Gasteiger partial charge in [0.05, 0.1) is 6.54 Å². The second kappa shape index (κ2) is 6.10. The predicted octanol–water partition coefficient (Wildman–Crippen LogP) is 0.0337. The van der Waals surface area contributed by atoms with Gasteiger partial charge in [-0.1, -0.05) is 0 Å². The number of nitrogens with zero attached hydrogens (tertiary/aromatic N) is 3. The average molecular weight is 282 g/mol. The van der Waals surface area contributed by atoms with Crippen molar-refractivity contribution in [1.82, 2.24) is 20.0 Å². The molecule has 2 heterocycles. The van der Waals surface area contributed by atoms with E-state index in [4.69, 9.17) is 0 Å². The van der Waals surface area contributed by atoms with E-state index in [1.807, 2.05) is 18.7 Å². The van der Waals surface area contributed by atoms with E-state index in [0.717, 1.165) is 30.3 Å². The third-order valence-electron chi connectivity index (χ3n) is 3.11. The molecule has 2 rings (SSSR count). The molecule has 1 aliphatic rings. The first-order valence-corrected chi connectivity index (χ1v) is 7.38. The lowest BCUT2D eigenvalue weighted by molar-refractivity contribution is -0.129. The zero-order valence-electron chi connectivity index (χ0n) is 11.2. The summed E-state index contributed by atoms with van der Waals surface area (Å²) in [5, 5.41) is 6.70. The van der Waals surface area contributed by atoms with Gasteiger partial charge in [-0.2, -0.15) is 16.9 Å². The third kappa shape index (κ3) is 3.50. The van der Waals surface area contributed by atoms with E-state index in [1.165, 1.54) is 0 Å². The Morgan fingerprint density at radius 2 is 2.11 bits per heavy atom. The number of nitrogens with one attached hydrogen (secondary N) is 1. The van der Waals surface area contributed by atoms with Gasteiger partial charge in [-0.25, -0.2) is 0 Å². The van der Waals surface area contributed by atoms with Crippen molar-refractivity contribution in [2.45, 2.75) is 6.92 Å². The summed E-state index contributed by atoms with van der Waals surface area (Å²) in [6.45, 7) is 3.45. The topological polar surface area (TPSA) is 67.2 Å². The number of hydrogen-bond donors (Lipinski definition) is 1. The van der Waals surface area contributed by atoms with Gasteiger partial charge in [0.15, 0.2) is 0 Å². The number of hydrogen-bond acceptors (Lipinski definition) is 4. The van der Waals surface area contributed by atoms with Gasteiger partial charge in [0.2, 0.25) is 5.91 Å². The molecule has 1 aromatic heterocycles. The summed E-state index contributed by atoms with van der Waals surface area (Å²) in [4.78, 5) is 25.5. The molecule has 0 saturated carbocycles. The van der Waals surface area contributed by atoms with Gasteiger partial charge < -0.3 is 10.2 Å². The molecule has 0 radical (unpaired) electrons. The molecule has 0 bridgehead atoms. The molecule has 0 spiro atoms. The fourth-order valence-electron chi connectivity index (χ4n) is 1.84. The predicted molar refractivity (Wildman–Crippen MR) is 74.2 cm³/mol. The van der Waals surface area contributed by atoms with Crippen LogP contribution in [0, 0.1) is 6.92 Å². The van der Waals surface area contributed by atoms with Crippen LogP contribution in [0.4, 0.5) is 0 Å². The van der Waals surface area contributed by atoms with Crippen LogP contribution in [-0.4, -0.2) is 57.6 Å². The molecule has 1 saturated heterocycles. The van der Waals surface area contributed by atoms with Crippen molar-refractivity contribution in [3.8, 4) is 0 Å². The maximum absolute atomic E-state index is 11.9. The molecule has 0 aliphatic carbocycles. The molecule has 0 unspecified atom stereocenters. The van der Waals surface area contributed by atoms with E-state index in [9.17, 15) is 9.59 Å². The fourth-order valence-corrected chi connectivity index (χ4v) is 2.75. The highest BCUT2D eigenvalue weighted by molar-refractivity contribution is 7.99. The van der Waals surface area contributed by atoms with Gasteiger partial charge in [0.25, 0.3) is 5.91 Å². The second-order valence-electron chi connectivity index (χ2n) is 4.47. The summed E-state index contributed by atoms with van der Waals surface area (Å²) in [6, 6.07) is 1.71. The Morgan fingerprint density at radius 3 is 2.68 bits per heavy atom. The Morgan fingerprint density at radius 1 is 1.42 bits per heavy atom. The standard InChI is InChI=1S/C12H18N4O2S/c1-9-7-10(14-15(9)2)12(18)13-8-11(17)16-3-5-19-6-4-16/h7H,3-6,8H2,1-2H3,(H,13,18). The highest BCUT2D eigenvalue weighted by Crippen LogP contribution is 2.08. The maximum Gasteiger partial charge on any atom is 0.272 e. The summed E-state index contributed by atoms with van der Waals surface area (Å²) in [5.74, 6) is 1.61. The van der Waals surface area contributed by atoms with Crippen molar-refractivity contribution < 1.29 is 9.59 Å². The number of amides is 2. The summed E-state index contributed by atoms with van der Waals surface area (Å²) < 4.78 is 1.64. The number of carbonyl (C=O) groups excluding carboxylic acids is 2. The summed E-state index contributed by atoms with van der Waals surface area (Å²) in [6.07, 6.45) is 0. The number of aromatic nitrogens is 2. The van der Waals surface area contributed by atoms with Gasteiger partial charge in [-0.3, -0.25) is 14.3 Å². The van der Waals surface area contributed by atoms with Crippen LogP contribution in [0.25, 0.3) is 0 Å². The first-order valence-electron chi connectivity index (χ1n) is 6.22. The SMILES string of the molecule is Cc1cc(C(=O)NCC(=O)N2CCSCC2)nn1C. The normalized spacial score (nSPS) is 15.4. The number of rotatable bonds is 3. The fraction of sp³-hybridized carbons (Fsp3) is 0.583. The molecule has 0 atom stereocenters. The van der Waals surface area contributed by atoms with Gasteiger partial charge in [0, 0.05) is 37.3 Å². The molecule has 1 aromatic rings. The molecule has 2 amide bonds. The Hall–Kier alpha value is -1.50. The quantitative estimate of drug-likeness (QED) is 0.849. The van der Waals surface area contributed by atoms with E-state index >= 15 is 0 Å². The lowest BCUT2D eigenvalue weighted by Gasteiger charge is -2.26. The van der Waals surface area contributed by atoms with Crippen molar-refractivity contribution >= 4 is 23.6 Å². The van der Waals surface area contributed by atoms with Gasteiger partial charge in [-0.15, -0.1) is 0 Å². The van der Waals surface area contributed by atoms with Crippen LogP contribution < -0.4 is 5.32 Å². The molecular weight excluding hydrogens is 264 g/mol. The molecular formula is C12H18N4O2S. The molecule has 0 aromatic carbocycles. The minimum Gasteiger partial charge on any atom is -0.342 e. The molecule has 6 nitrogen and oxygen atoms in total. The smallest absolute Gasteiger partial charge is 0.272 e. The van der Waals surface area contributed by atoms with E-state index in [-0.39, 0.29) is 18.4 Å². The van der Waals surface area contributed by atoms with Crippen molar-refractivity contribution in [2.75, 3.05) is 31.1 Å². The van der Waals surface area contributed by atoms with Gasteiger partial charge in [-0.05, 0) is 13.0 Å². The van der Waals surface area contributed by atoms with Crippen LogP contribution in [0.15, 0.2) is 6.07 Å². The highest BCUT2D eigenvalue weighted by Gasteiger charge is 2.18. The van der Waals surface area contributed by atoms with Gasteiger partial charge in [0.1, 0.15) is 5.69 Å². The molecule has 104 valence electrons. The molecule has 1 fully saturated rings. The Balaban J connectivity index is 1.84. The molecule has 7 heteroatoms. The van der Waals surface area contributed by atoms with Crippen molar-refractivity contribution in [2.24, 2.45) is 7.05 Å². The minimum atomic E-state index is -0.302. The van der Waals surface area contributed by atoms with Crippen LogP contribution in [0.5, 0.6) is 0 Å². The Labute approximate surface area is 116 Å². The largest absolute Gasteiger partial charge is 0.342 e. The van der Waals surface area contributed by atoms with Crippen LogP contribution in [-0.2, 0) is 11.8 Å². The van der Waals surface area contributed by atoms with Crippen LogP contribution in [0.2, 0.25) is 0 Å². The van der Waals surface area contributed by atoms with E-state index in [1.54, 1.807) is 22.7 Å². The average Bonchev–Trinajstić information content (AvgIpc) is 2.77. The van der Waals surface area contributed by atoms with Crippen molar-refractivity contribution in [3.05, 3.63) is 17.5 Å². The Bertz CT molecular complexity index is 461. The van der Waals surface area contributed by atoms with Crippen molar-refractivity contribution in [1.29, 1.82) is 0 Å². The monoisotopic (exact) mass is 282 g/mol. The number of thioether (sulfide) groups is 1. The zero-order valence-corrected chi connectivity index (χ0v) is 12.0. The summed E-state index contributed by atoms with van der Waals surface area (Å²) in [7, 11) is 1.78. The van der Waals surface area contributed by atoms with Crippen LogP contribution >= 0.6 is 11.8 Å². The van der Waals surface area contributed by atoms with Gasteiger partial charge >= 0.3 is 0 Å². The molecule has 1 aliphatic heterocycles. The number of carbonyl (C=O) groups is 2. The minimum absolute atomic E-state index is 0.0266. The van der Waals surface area contributed by atoms with E-state index in [2.05, 4.69) is 10.4 Å².